The van der Waals surface area contributed by atoms with Crippen LogP contribution in [-0.2, 0) is 4.74 Å². The van der Waals surface area contributed by atoms with Crippen LogP contribution in [0.1, 0.15) is 10.4 Å². The Hall–Kier alpha value is -0.653. The van der Waals surface area contributed by atoms with E-state index in [0.29, 0.717) is 0 Å². The summed E-state index contributed by atoms with van der Waals surface area (Å²) in [6.45, 7) is 0. The Labute approximate surface area is 87.7 Å². The average Bonchev–Trinajstić information content (AvgIpc) is 2.02. The molecule has 3 radical (unpaired) electrons. The summed E-state index contributed by atoms with van der Waals surface area (Å²) < 4.78 is 4.46. The maximum absolute atomic E-state index is 11.1. The molecule has 7 heteroatoms. The fourth-order valence-corrected chi connectivity index (χ4v) is 1.63. The highest BCUT2D eigenvalue weighted by atomic mass is 35.5. The second-order valence-corrected chi connectivity index (χ2v) is 3.17. The van der Waals surface area contributed by atoms with Crippen molar-refractivity contribution in [1.29, 1.82) is 0 Å². The van der Waals surface area contributed by atoms with Gasteiger partial charge in [0.2, 0.25) is 5.28 Å². The number of nitrogens with zero attached hydrogens (tertiary/aromatic N) is 2. The highest BCUT2D eigenvalue weighted by Gasteiger charge is 2.16. The van der Waals surface area contributed by atoms with E-state index in [1.165, 1.54) is 7.11 Å². The Balaban J connectivity index is 3.28. The van der Waals surface area contributed by atoms with Gasteiger partial charge >= 0.3 is 5.97 Å². The summed E-state index contributed by atoms with van der Waals surface area (Å²) in [5.41, 5.74) is 0.0604. The number of aromatic nitrogens is 2. The number of rotatable bonds is 1. The zero-order valence-electron chi connectivity index (χ0n) is 6.47. The van der Waals surface area contributed by atoms with Gasteiger partial charge in [-0.25, -0.2) is 14.8 Å². The predicted molar refractivity (Wildman–Crippen MR) is 48.8 cm³/mol. The van der Waals surface area contributed by atoms with Crippen molar-refractivity contribution in [3.63, 3.8) is 0 Å². The number of hydrogen-bond donors (Lipinski definition) is 0. The van der Waals surface area contributed by atoms with Crippen molar-refractivity contribution < 1.29 is 9.53 Å². The third-order valence-electron chi connectivity index (χ3n) is 1.23. The van der Waals surface area contributed by atoms with Gasteiger partial charge in [0.1, 0.15) is 21.0 Å². The van der Waals surface area contributed by atoms with Gasteiger partial charge in [-0.3, -0.25) is 0 Å². The van der Waals surface area contributed by atoms with Crippen LogP contribution >= 0.6 is 23.2 Å². The van der Waals surface area contributed by atoms with E-state index in [0.717, 1.165) is 0 Å². The van der Waals surface area contributed by atoms with Gasteiger partial charge < -0.3 is 4.74 Å². The first-order chi connectivity index (χ1) is 6.06. The monoisotopic (exact) mass is 233 g/mol. The zero-order chi connectivity index (χ0) is 10.0. The molecule has 0 unspecified atom stereocenters. The standard InChI is InChI=1S/C6H3Cl2N2O2Si/c1-12-5(11)2-3(7)9-6(8)10-4(2)13/h1H3. The molecule has 0 N–H and O–H groups in total. The van der Waals surface area contributed by atoms with Crippen LogP contribution in [0, 0.1) is 0 Å². The van der Waals surface area contributed by atoms with Crippen molar-refractivity contribution in [3.05, 3.63) is 16.0 Å². The topological polar surface area (TPSA) is 52.1 Å². The molecule has 67 valence electrons. The fourth-order valence-electron chi connectivity index (χ4n) is 0.691. The molecule has 0 spiro atoms. The predicted octanol–water partition coefficient (Wildman–Crippen LogP) is 0.364. The SMILES string of the molecule is COC(=O)c1c([Si])nc(Cl)nc1Cl. The van der Waals surface area contributed by atoms with E-state index < -0.39 is 5.97 Å². The highest BCUT2D eigenvalue weighted by Crippen LogP contribution is 2.12. The number of carbonyl (C=O) groups excluding carboxylic acids is 1. The van der Waals surface area contributed by atoms with Crippen molar-refractivity contribution in [1.82, 2.24) is 9.97 Å². The molecule has 1 aromatic heterocycles. The van der Waals surface area contributed by atoms with Gasteiger partial charge in [0.15, 0.2) is 0 Å². The van der Waals surface area contributed by atoms with Gasteiger partial charge in [-0.15, -0.1) is 0 Å². The number of methoxy groups -OCH3 is 1. The molecule has 1 aromatic rings. The Morgan fingerprint density at radius 3 is 2.54 bits per heavy atom. The third kappa shape index (κ3) is 2.18. The van der Waals surface area contributed by atoms with Crippen LogP contribution < -0.4 is 5.32 Å². The zero-order valence-corrected chi connectivity index (χ0v) is 8.98. The van der Waals surface area contributed by atoms with Crippen molar-refractivity contribution >= 4 is 44.7 Å². The van der Waals surface area contributed by atoms with Crippen LogP contribution in [0.15, 0.2) is 0 Å². The van der Waals surface area contributed by atoms with E-state index in [1.54, 1.807) is 0 Å². The Bertz CT molecular complexity index is 335. The third-order valence-corrected chi connectivity index (χ3v) is 2.03. The fraction of sp³-hybridized carbons (Fsp3) is 0.167. The van der Waals surface area contributed by atoms with E-state index in [4.69, 9.17) is 23.2 Å². The van der Waals surface area contributed by atoms with Crippen LogP contribution in [0.4, 0.5) is 0 Å². The molecule has 0 bridgehead atoms. The van der Waals surface area contributed by atoms with E-state index in [-0.39, 0.29) is 21.3 Å². The van der Waals surface area contributed by atoms with Gasteiger partial charge in [-0.05, 0) is 11.6 Å². The number of hydrogen-bond acceptors (Lipinski definition) is 4. The minimum Gasteiger partial charge on any atom is -0.465 e. The van der Waals surface area contributed by atoms with Gasteiger partial charge in [-0.2, -0.15) is 0 Å². The smallest absolute Gasteiger partial charge is 0.342 e. The average molecular weight is 234 g/mol. The summed E-state index contributed by atoms with van der Waals surface area (Å²) in [6, 6.07) is 0. The number of halogens is 2. The first kappa shape index (κ1) is 10.4. The van der Waals surface area contributed by atoms with Crippen LogP contribution in [0.3, 0.4) is 0 Å². The minimum atomic E-state index is -0.619. The van der Waals surface area contributed by atoms with Crippen LogP contribution in [-0.4, -0.2) is 33.3 Å². The summed E-state index contributed by atoms with van der Waals surface area (Å²) in [4.78, 5) is 18.4. The molecule has 1 heterocycles. The van der Waals surface area contributed by atoms with Gasteiger partial charge in [0.25, 0.3) is 0 Å². The summed E-state index contributed by atoms with van der Waals surface area (Å²) in [5.74, 6) is -0.619. The molecule has 0 saturated heterocycles. The van der Waals surface area contributed by atoms with Gasteiger partial charge in [0.05, 0.1) is 7.11 Å². The summed E-state index contributed by atoms with van der Waals surface area (Å²) >= 11 is 11.1. The molecule has 4 nitrogen and oxygen atoms in total. The van der Waals surface area contributed by atoms with Crippen LogP contribution in [0.2, 0.25) is 10.4 Å². The maximum atomic E-state index is 11.1. The second kappa shape index (κ2) is 4.04. The van der Waals surface area contributed by atoms with Crippen LogP contribution in [0.25, 0.3) is 0 Å². The molecule has 0 aromatic carbocycles. The molecule has 0 atom stereocenters. The molecule has 0 aliphatic rings. The van der Waals surface area contributed by atoms with Crippen molar-refractivity contribution in [2.75, 3.05) is 7.11 Å². The van der Waals surface area contributed by atoms with Gasteiger partial charge in [-0.1, -0.05) is 11.6 Å². The Morgan fingerprint density at radius 2 is 2.08 bits per heavy atom. The van der Waals surface area contributed by atoms with Crippen LogP contribution in [0.5, 0.6) is 0 Å². The lowest BCUT2D eigenvalue weighted by Crippen LogP contribution is -2.22. The second-order valence-electron chi connectivity index (χ2n) is 2.00. The van der Waals surface area contributed by atoms with E-state index in [2.05, 4.69) is 24.9 Å². The van der Waals surface area contributed by atoms with E-state index in [1.807, 2.05) is 0 Å². The van der Waals surface area contributed by atoms with E-state index in [9.17, 15) is 4.79 Å². The highest BCUT2D eigenvalue weighted by molar-refractivity contribution is 6.41. The normalized spacial score (nSPS) is 9.85. The largest absolute Gasteiger partial charge is 0.465 e. The summed E-state index contributed by atoms with van der Waals surface area (Å²) in [7, 11) is 4.31. The summed E-state index contributed by atoms with van der Waals surface area (Å²) in [6.07, 6.45) is 0. The quantitative estimate of drug-likeness (QED) is 0.305. The lowest BCUT2D eigenvalue weighted by Gasteiger charge is -2.04. The van der Waals surface area contributed by atoms with Crippen molar-refractivity contribution in [2.45, 2.75) is 0 Å². The van der Waals surface area contributed by atoms with Crippen molar-refractivity contribution in [3.8, 4) is 0 Å². The molecule has 0 amide bonds. The molecule has 0 saturated carbocycles. The lowest BCUT2D eigenvalue weighted by atomic mass is 10.3. The molecule has 1 rings (SSSR count). The Kier molecular flexibility index (Phi) is 3.24. The Morgan fingerprint density at radius 1 is 1.46 bits per heavy atom. The van der Waals surface area contributed by atoms with Crippen molar-refractivity contribution in [2.24, 2.45) is 0 Å². The van der Waals surface area contributed by atoms with Gasteiger partial charge in [0, 0.05) is 5.32 Å². The molecule has 0 aliphatic carbocycles. The number of carbonyl (C=O) groups is 1. The molecular weight excluding hydrogens is 231 g/mol. The molecule has 0 aliphatic heterocycles. The number of esters is 1. The first-order valence-electron chi connectivity index (χ1n) is 3.09. The summed E-state index contributed by atoms with van der Waals surface area (Å²) in [5, 5.41) is 0.122. The number of ether oxygens (including phenoxy) is 1. The maximum Gasteiger partial charge on any atom is 0.342 e. The molecule has 13 heavy (non-hydrogen) atoms. The lowest BCUT2D eigenvalue weighted by molar-refractivity contribution is 0.0601. The minimum absolute atomic E-state index is 0.0392. The molecule has 0 fully saturated rings. The first-order valence-corrected chi connectivity index (χ1v) is 4.34. The van der Waals surface area contributed by atoms with E-state index >= 15 is 0 Å². The molecular formula is C6H3Cl2N2O2Si.